The molecule has 1 N–H and O–H groups in total. The molecule has 0 amide bonds. The summed E-state index contributed by atoms with van der Waals surface area (Å²) in [4.78, 5) is 6.96. The predicted molar refractivity (Wildman–Crippen MR) is 82.3 cm³/mol. The van der Waals surface area contributed by atoms with E-state index >= 15 is 0 Å². The number of aromatic nitrogens is 2. The Bertz CT molecular complexity index is 538. The summed E-state index contributed by atoms with van der Waals surface area (Å²) in [5.41, 5.74) is 2.20. The zero-order chi connectivity index (χ0) is 14.4. The second-order valence-electron chi connectivity index (χ2n) is 4.86. The molecule has 0 fully saturated rings. The molecule has 0 aliphatic heterocycles. The van der Waals surface area contributed by atoms with Crippen LogP contribution in [-0.2, 0) is 11.3 Å². The summed E-state index contributed by atoms with van der Waals surface area (Å²) in [6.45, 7) is 5.61. The van der Waals surface area contributed by atoms with Crippen molar-refractivity contribution < 1.29 is 4.74 Å². The van der Waals surface area contributed by atoms with Crippen LogP contribution in [0.2, 0.25) is 0 Å². The van der Waals surface area contributed by atoms with Gasteiger partial charge in [-0.1, -0.05) is 13.0 Å². The van der Waals surface area contributed by atoms with Crippen LogP contribution in [0.3, 0.4) is 0 Å². The second-order valence-corrected chi connectivity index (χ2v) is 4.86. The third kappa shape index (κ3) is 3.29. The maximum Gasteiger partial charge on any atom is 0.152 e. The molecule has 2 aromatic rings. The lowest BCUT2D eigenvalue weighted by Gasteiger charge is -2.18. The standard InChI is InChI=1S/C15H24N4O/c1-4-16-12-13-15(18(2)9-7-11-20-3)17-14-8-5-6-10-19(13)14/h5-6,8,10,16H,4,7,9,11-12H2,1-3H3. The van der Waals surface area contributed by atoms with Crippen LogP contribution in [0.4, 0.5) is 5.82 Å². The van der Waals surface area contributed by atoms with Gasteiger partial charge < -0.3 is 19.4 Å². The fourth-order valence-corrected chi connectivity index (χ4v) is 2.30. The number of anilines is 1. The number of ether oxygens (including phenoxy) is 1. The highest BCUT2D eigenvalue weighted by Gasteiger charge is 2.14. The first-order valence-corrected chi connectivity index (χ1v) is 7.14. The van der Waals surface area contributed by atoms with E-state index in [4.69, 9.17) is 9.72 Å². The van der Waals surface area contributed by atoms with Gasteiger partial charge in [0.2, 0.25) is 0 Å². The smallest absolute Gasteiger partial charge is 0.152 e. The summed E-state index contributed by atoms with van der Waals surface area (Å²) in [6.07, 6.45) is 3.07. The van der Waals surface area contributed by atoms with Crippen molar-refractivity contribution in [3.8, 4) is 0 Å². The van der Waals surface area contributed by atoms with Gasteiger partial charge in [-0.25, -0.2) is 4.98 Å². The maximum atomic E-state index is 5.12. The molecule has 5 nitrogen and oxygen atoms in total. The molecular formula is C15H24N4O. The zero-order valence-electron chi connectivity index (χ0n) is 12.6. The molecule has 0 aliphatic rings. The number of hydrogen-bond acceptors (Lipinski definition) is 4. The van der Waals surface area contributed by atoms with Crippen molar-refractivity contribution in [2.75, 3.05) is 38.8 Å². The highest BCUT2D eigenvalue weighted by Crippen LogP contribution is 2.21. The van der Waals surface area contributed by atoms with Crippen LogP contribution < -0.4 is 10.2 Å². The largest absolute Gasteiger partial charge is 0.385 e. The quantitative estimate of drug-likeness (QED) is 0.748. The van der Waals surface area contributed by atoms with Crippen molar-refractivity contribution in [1.82, 2.24) is 14.7 Å². The molecule has 0 saturated carbocycles. The number of imidazole rings is 1. The Morgan fingerprint density at radius 1 is 1.40 bits per heavy atom. The van der Waals surface area contributed by atoms with Crippen molar-refractivity contribution >= 4 is 11.5 Å². The molecule has 2 rings (SSSR count). The van der Waals surface area contributed by atoms with Crippen LogP contribution in [0.25, 0.3) is 5.65 Å². The minimum absolute atomic E-state index is 0.778. The van der Waals surface area contributed by atoms with Crippen LogP contribution in [-0.4, -0.2) is 43.2 Å². The highest BCUT2D eigenvalue weighted by molar-refractivity contribution is 5.55. The molecule has 0 aliphatic carbocycles. The summed E-state index contributed by atoms with van der Waals surface area (Å²) in [6, 6.07) is 6.11. The van der Waals surface area contributed by atoms with Gasteiger partial charge >= 0.3 is 0 Å². The SMILES string of the molecule is CCNCc1c(N(C)CCCOC)nc2ccccn12. The van der Waals surface area contributed by atoms with E-state index in [2.05, 4.69) is 34.8 Å². The first-order chi connectivity index (χ1) is 9.77. The van der Waals surface area contributed by atoms with Crippen molar-refractivity contribution in [2.45, 2.75) is 19.9 Å². The maximum absolute atomic E-state index is 5.12. The first-order valence-electron chi connectivity index (χ1n) is 7.14. The van der Waals surface area contributed by atoms with Gasteiger partial charge in [-0.05, 0) is 25.1 Å². The predicted octanol–water partition coefficient (Wildman–Crippen LogP) is 1.92. The molecule has 0 unspecified atom stereocenters. The van der Waals surface area contributed by atoms with E-state index < -0.39 is 0 Å². The van der Waals surface area contributed by atoms with E-state index in [-0.39, 0.29) is 0 Å². The number of pyridine rings is 1. The molecule has 2 aromatic heterocycles. The van der Waals surface area contributed by atoms with E-state index in [9.17, 15) is 0 Å². The van der Waals surface area contributed by atoms with Gasteiger partial charge in [0, 0.05) is 40.1 Å². The van der Waals surface area contributed by atoms with Gasteiger partial charge in [0.1, 0.15) is 5.65 Å². The Hall–Kier alpha value is -1.59. The number of nitrogens with zero attached hydrogens (tertiary/aromatic N) is 3. The molecule has 0 atom stereocenters. The molecule has 0 saturated heterocycles. The van der Waals surface area contributed by atoms with Crippen molar-refractivity contribution in [1.29, 1.82) is 0 Å². The van der Waals surface area contributed by atoms with Crippen LogP contribution >= 0.6 is 0 Å². The number of nitrogens with one attached hydrogen (secondary N) is 1. The van der Waals surface area contributed by atoms with E-state index in [1.807, 2.05) is 18.2 Å². The van der Waals surface area contributed by atoms with Gasteiger partial charge in [0.15, 0.2) is 5.82 Å². The van der Waals surface area contributed by atoms with Gasteiger partial charge in [-0.2, -0.15) is 0 Å². The van der Waals surface area contributed by atoms with Crippen molar-refractivity contribution in [3.05, 3.63) is 30.1 Å². The first kappa shape index (κ1) is 14.8. The van der Waals surface area contributed by atoms with E-state index in [0.29, 0.717) is 0 Å². The summed E-state index contributed by atoms with van der Waals surface area (Å²) >= 11 is 0. The monoisotopic (exact) mass is 276 g/mol. The van der Waals surface area contributed by atoms with Crippen LogP contribution in [0.15, 0.2) is 24.4 Å². The molecule has 0 spiro atoms. The van der Waals surface area contributed by atoms with Crippen molar-refractivity contribution in [3.63, 3.8) is 0 Å². The van der Waals surface area contributed by atoms with Crippen molar-refractivity contribution in [2.24, 2.45) is 0 Å². The molecule has 0 radical (unpaired) electrons. The summed E-state index contributed by atoms with van der Waals surface area (Å²) < 4.78 is 7.28. The fourth-order valence-electron chi connectivity index (χ4n) is 2.30. The summed E-state index contributed by atoms with van der Waals surface area (Å²) in [7, 11) is 3.83. The van der Waals surface area contributed by atoms with E-state index in [1.165, 1.54) is 5.69 Å². The lowest BCUT2D eigenvalue weighted by Crippen LogP contribution is -2.23. The topological polar surface area (TPSA) is 41.8 Å². The molecule has 2 heterocycles. The normalized spacial score (nSPS) is 11.2. The van der Waals surface area contributed by atoms with Gasteiger partial charge in [-0.15, -0.1) is 0 Å². The summed E-state index contributed by atoms with van der Waals surface area (Å²) in [5, 5.41) is 3.39. The second kappa shape index (κ2) is 7.26. The van der Waals surface area contributed by atoms with E-state index in [0.717, 1.165) is 44.1 Å². The lowest BCUT2D eigenvalue weighted by atomic mass is 10.3. The van der Waals surface area contributed by atoms with E-state index in [1.54, 1.807) is 7.11 Å². The Balaban J connectivity index is 2.25. The molecule has 5 heteroatoms. The minimum atomic E-state index is 0.778. The Morgan fingerprint density at radius 3 is 3.00 bits per heavy atom. The molecule has 0 bridgehead atoms. The Morgan fingerprint density at radius 2 is 2.25 bits per heavy atom. The average molecular weight is 276 g/mol. The van der Waals surface area contributed by atoms with Crippen LogP contribution in [0, 0.1) is 0 Å². The summed E-state index contributed by atoms with van der Waals surface area (Å²) in [5.74, 6) is 1.05. The third-order valence-corrected chi connectivity index (χ3v) is 3.35. The molecule has 0 aromatic carbocycles. The minimum Gasteiger partial charge on any atom is -0.385 e. The zero-order valence-corrected chi connectivity index (χ0v) is 12.6. The number of methoxy groups -OCH3 is 1. The van der Waals surface area contributed by atoms with Crippen LogP contribution in [0.1, 0.15) is 19.0 Å². The average Bonchev–Trinajstić information content (AvgIpc) is 2.84. The fraction of sp³-hybridized carbons (Fsp3) is 0.533. The molecule has 20 heavy (non-hydrogen) atoms. The Labute approximate surface area is 120 Å². The molecule has 110 valence electrons. The molecular weight excluding hydrogens is 252 g/mol. The van der Waals surface area contributed by atoms with Gasteiger partial charge in [0.05, 0.1) is 5.69 Å². The third-order valence-electron chi connectivity index (χ3n) is 3.35. The lowest BCUT2D eigenvalue weighted by molar-refractivity contribution is 0.196. The van der Waals surface area contributed by atoms with Gasteiger partial charge in [0.25, 0.3) is 0 Å². The number of rotatable bonds is 8. The highest BCUT2D eigenvalue weighted by atomic mass is 16.5. The number of hydrogen-bond donors (Lipinski definition) is 1. The Kier molecular flexibility index (Phi) is 5.38. The van der Waals surface area contributed by atoms with Gasteiger partial charge in [-0.3, -0.25) is 0 Å². The number of fused-ring (bicyclic) bond motifs is 1. The van der Waals surface area contributed by atoms with Crippen LogP contribution in [0.5, 0.6) is 0 Å².